The molecule has 0 aliphatic rings. The van der Waals surface area contributed by atoms with E-state index in [0.29, 0.717) is 11.5 Å². The maximum atomic E-state index is 12.9. The van der Waals surface area contributed by atoms with Gasteiger partial charge in [0.15, 0.2) is 5.69 Å². The van der Waals surface area contributed by atoms with Crippen molar-refractivity contribution in [3.8, 4) is 11.4 Å². The first-order chi connectivity index (χ1) is 9.17. The quantitative estimate of drug-likeness (QED) is 0.650. The largest absolute Gasteiger partial charge is 0.339 e. The van der Waals surface area contributed by atoms with Gasteiger partial charge in [0.1, 0.15) is 17.2 Å². The van der Waals surface area contributed by atoms with Gasteiger partial charge in [-0.3, -0.25) is 0 Å². The molecule has 92 valence electrons. The summed E-state index contributed by atoms with van der Waals surface area (Å²) in [6.45, 7) is 7.04. The minimum atomic E-state index is -0.281. The second-order valence-corrected chi connectivity index (χ2v) is 4.88. The number of nitrogens with one attached hydrogen (secondary N) is 1. The fraction of sp³-hybridized carbons (Fsp3) is 0. The van der Waals surface area contributed by atoms with Crippen molar-refractivity contribution in [2.24, 2.45) is 0 Å². The molecule has 0 saturated heterocycles. The molecule has 0 bridgehead atoms. The number of hydrogen-bond acceptors (Lipinski definition) is 1. The summed E-state index contributed by atoms with van der Waals surface area (Å²) < 4.78 is 13.7. The van der Waals surface area contributed by atoms with Crippen molar-refractivity contribution in [1.29, 1.82) is 0 Å². The van der Waals surface area contributed by atoms with Gasteiger partial charge in [-0.05, 0) is 52.3 Å². The van der Waals surface area contributed by atoms with Crippen molar-refractivity contribution in [3.63, 3.8) is 0 Å². The molecule has 0 aliphatic carbocycles. The smallest absolute Gasteiger partial charge is 0.190 e. The van der Waals surface area contributed by atoms with Crippen molar-refractivity contribution in [3.05, 3.63) is 58.1 Å². The zero-order chi connectivity index (χ0) is 13.4. The number of halogens is 2. The summed E-state index contributed by atoms with van der Waals surface area (Å²) >= 11 is 3.40. The summed E-state index contributed by atoms with van der Waals surface area (Å²) in [6.07, 6.45) is 0. The van der Waals surface area contributed by atoms with E-state index in [1.165, 1.54) is 12.1 Å². The van der Waals surface area contributed by atoms with Gasteiger partial charge in [0.2, 0.25) is 0 Å². The number of rotatable bonds is 1. The summed E-state index contributed by atoms with van der Waals surface area (Å²) in [5, 5.41) is 0. The molecule has 3 nitrogen and oxygen atoms in total. The lowest BCUT2D eigenvalue weighted by atomic mass is 10.2. The van der Waals surface area contributed by atoms with Crippen LogP contribution in [0.1, 0.15) is 0 Å². The Morgan fingerprint density at radius 2 is 1.95 bits per heavy atom. The minimum Gasteiger partial charge on any atom is -0.339 e. The van der Waals surface area contributed by atoms with Crippen LogP contribution in [0.2, 0.25) is 0 Å². The van der Waals surface area contributed by atoms with E-state index in [4.69, 9.17) is 6.57 Å². The number of H-pyrrole nitrogens is 1. The van der Waals surface area contributed by atoms with Crippen LogP contribution in [-0.2, 0) is 0 Å². The lowest BCUT2D eigenvalue weighted by Crippen LogP contribution is -1.80. The molecule has 5 heteroatoms. The maximum Gasteiger partial charge on any atom is 0.190 e. The first kappa shape index (κ1) is 11.9. The zero-order valence-electron chi connectivity index (χ0n) is 9.61. The predicted molar refractivity (Wildman–Crippen MR) is 75.4 cm³/mol. The molecule has 0 saturated carbocycles. The Labute approximate surface area is 117 Å². The average Bonchev–Trinajstić information content (AvgIpc) is 2.84. The summed E-state index contributed by atoms with van der Waals surface area (Å²) in [7, 11) is 0. The number of fused-ring (bicyclic) bond motifs is 1. The van der Waals surface area contributed by atoms with E-state index in [2.05, 4.69) is 30.7 Å². The first-order valence-corrected chi connectivity index (χ1v) is 6.29. The Hall–Kier alpha value is -2.19. The number of aromatic nitrogens is 2. The summed E-state index contributed by atoms with van der Waals surface area (Å²) in [6, 6.07) is 9.58. The monoisotopic (exact) mass is 315 g/mol. The van der Waals surface area contributed by atoms with Gasteiger partial charge < -0.3 is 4.98 Å². The van der Waals surface area contributed by atoms with Crippen molar-refractivity contribution >= 4 is 32.7 Å². The molecule has 2 aromatic carbocycles. The van der Waals surface area contributed by atoms with Crippen LogP contribution in [0.4, 0.5) is 10.1 Å². The van der Waals surface area contributed by atoms with Crippen LogP contribution in [-0.4, -0.2) is 9.97 Å². The second kappa shape index (κ2) is 4.48. The van der Waals surface area contributed by atoms with Crippen LogP contribution in [0.15, 0.2) is 40.9 Å². The number of nitrogens with zero attached hydrogens (tertiary/aromatic N) is 2. The molecule has 1 aromatic heterocycles. The van der Waals surface area contributed by atoms with E-state index < -0.39 is 0 Å². The highest BCUT2D eigenvalue weighted by Gasteiger charge is 2.09. The lowest BCUT2D eigenvalue weighted by molar-refractivity contribution is 0.628. The van der Waals surface area contributed by atoms with Crippen molar-refractivity contribution in [1.82, 2.24) is 9.97 Å². The zero-order valence-corrected chi connectivity index (χ0v) is 11.2. The van der Waals surface area contributed by atoms with Crippen LogP contribution >= 0.6 is 15.9 Å². The van der Waals surface area contributed by atoms with Gasteiger partial charge in [-0.1, -0.05) is 0 Å². The van der Waals surface area contributed by atoms with Gasteiger partial charge in [0, 0.05) is 10.0 Å². The van der Waals surface area contributed by atoms with Crippen molar-refractivity contribution in [2.75, 3.05) is 0 Å². The SMILES string of the molecule is [C-]#[N+]c1cc(Br)c2nc(-c3ccc(F)cc3)[nH]c2c1. The normalized spacial score (nSPS) is 10.6. The topological polar surface area (TPSA) is 33.0 Å². The van der Waals surface area contributed by atoms with E-state index in [1.807, 2.05) is 0 Å². The Balaban J connectivity index is 2.19. The molecule has 0 amide bonds. The van der Waals surface area contributed by atoms with Gasteiger partial charge in [0.05, 0.1) is 12.1 Å². The van der Waals surface area contributed by atoms with Gasteiger partial charge >= 0.3 is 0 Å². The van der Waals surface area contributed by atoms with Crippen LogP contribution in [0.5, 0.6) is 0 Å². The van der Waals surface area contributed by atoms with Gasteiger partial charge in [-0.25, -0.2) is 14.2 Å². The van der Waals surface area contributed by atoms with Gasteiger partial charge in [-0.15, -0.1) is 0 Å². The van der Waals surface area contributed by atoms with Crippen LogP contribution in [0.3, 0.4) is 0 Å². The number of benzene rings is 2. The molecule has 1 N–H and O–H groups in total. The van der Waals surface area contributed by atoms with Crippen molar-refractivity contribution < 1.29 is 4.39 Å². The molecule has 3 rings (SSSR count). The van der Waals surface area contributed by atoms with Crippen LogP contribution in [0.25, 0.3) is 27.3 Å². The third kappa shape index (κ3) is 2.11. The predicted octanol–water partition coefficient (Wildman–Crippen LogP) is 4.68. The Morgan fingerprint density at radius 3 is 2.63 bits per heavy atom. The Morgan fingerprint density at radius 1 is 1.21 bits per heavy atom. The fourth-order valence-corrected chi connectivity index (χ4v) is 2.41. The molecular formula is C14H7BrFN3. The first-order valence-electron chi connectivity index (χ1n) is 5.50. The molecule has 3 aromatic rings. The minimum absolute atomic E-state index is 0.281. The van der Waals surface area contributed by atoms with E-state index in [1.54, 1.807) is 24.3 Å². The second-order valence-electron chi connectivity index (χ2n) is 4.03. The van der Waals surface area contributed by atoms with E-state index in [0.717, 1.165) is 21.1 Å². The molecule has 1 heterocycles. The highest BCUT2D eigenvalue weighted by Crippen LogP contribution is 2.30. The molecule has 0 spiro atoms. The molecular weight excluding hydrogens is 309 g/mol. The standard InChI is InChI=1S/C14H7BrFN3/c1-17-10-6-11(15)13-12(7-10)18-14(19-13)8-2-4-9(16)5-3-8/h2-7H,(H,18,19). The Kier molecular flexibility index (Phi) is 2.80. The van der Waals surface area contributed by atoms with E-state index in [9.17, 15) is 4.39 Å². The molecule has 0 fully saturated rings. The highest BCUT2D eigenvalue weighted by molar-refractivity contribution is 9.10. The fourth-order valence-electron chi connectivity index (χ4n) is 1.87. The molecule has 0 aliphatic heterocycles. The Bertz CT molecular complexity index is 800. The average molecular weight is 316 g/mol. The summed E-state index contributed by atoms with van der Waals surface area (Å²) in [5.41, 5.74) is 2.87. The third-order valence-electron chi connectivity index (χ3n) is 2.77. The highest BCUT2D eigenvalue weighted by atomic mass is 79.9. The summed E-state index contributed by atoms with van der Waals surface area (Å²) in [4.78, 5) is 11.0. The number of hydrogen-bond donors (Lipinski definition) is 1. The van der Waals surface area contributed by atoms with Crippen molar-refractivity contribution in [2.45, 2.75) is 0 Å². The van der Waals surface area contributed by atoms with Crippen LogP contribution in [0, 0.1) is 12.4 Å². The number of aromatic amines is 1. The molecule has 0 radical (unpaired) electrons. The van der Waals surface area contributed by atoms with E-state index in [-0.39, 0.29) is 5.82 Å². The summed E-state index contributed by atoms with van der Waals surface area (Å²) in [5.74, 6) is 0.370. The third-order valence-corrected chi connectivity index (χ3v) is 3.38. The lowest BCUT2D eigenvalue weighted by Gasteiger charge is -1.94. The molecule has 0 unspecified atom stereocenters. The van der Waals surface area contributed by atoms with Crippen LogP contribution < -0.4 is 0 Å². The van der Waals surface area contributed by atoms with Gasteiger partial charge in [0.25, 0.3) is 0 Å². The molecule has 0 atom stereocenters. The number of imidazole rings is 1. The molecule has 19 heavy (non-hydrogen) atoms. The van der Waals surface area contributed by atoms with E-state index >= 15 is 0 Å². The van der Waals surface area contributed by atoms with Gasteiger partial charge in [-0.2, -0.15) is 0 Å². The maximum absolute atomic E-state index is 12.9.